The van der Waals surface area contributed by atoms with E-state index in [0.29, 0.717) is 0 Å². The summed E-state index contributed by atoms with van der Waals surface area (Å²) < 4.78 is 7.46. The van der Waals surface area contributed by atoms with Crippen LogP contribution in [0.25, 0.3) is 86.3 Å². The fourth-order valence-corrected chi connectivity index (χ4v) is 10.4. The molecule has 0 radical (unpaired) electrons. The Balaban J connectivity index is 1.00. The monoisotopic (exact) mass is 757 g/mol. The maximum atomic E-state index is 2.42. The zero-order valence-corrected chi connectivity index (χ0v) is 32.3. The average Bonchev–Trinajstić information content (AvgIpc) is 3.95. The summed E-state index contributed by atoms with van der Waals surface area (Å²) in [6.45, 7) is 0. The third kappa shape index (κ3) is 5.05. The van der Waals surface area contributed by atoms with E-state index in [4.69, 9.17) is 0 Å². The van der Waals surface area contributed by atoms with E-state index < -0.39 is 0 Å². The summed E-state index contributed by atoms with van der Waals surface area (Å²) in [6, 6.07) is 77.2. The second-order valence-electron chi connectivity index (χ2n) is 14.9. The lowest BCUT2D eigenvalue weighted by molar-refractivity contribution is 1.18. The zero-order chi connectivity index (χ0) is 38.2. The predicted octanol–water partition coefficient (Wildman–Crippen LogP) is 15.4. The number of hydrogen-bond acceptors (Lipinski definition) is 2. The fourth-order valence-electron chi connectivity index (χ4n) is 9.10. The Morgan fingerprint density at radius 2 is 0.862 bits per heavy atom. The van der Waals surface area contributed by atoms with Crippen LogP contribution < -0.4 is 4.90 Å². The van der Waals surface area contributed by atoms with Crippen molar-refractivity contribution in [2.24, 2.45) is 0 Å². The molecule has 3 aromatic heterocycles. The van der Waals surface area contributed by atoms with E-state index in [1.165, 1.54) is 80.6 Å². The van der Waals surface area contributed by atoms with Gasteiger partial charge in [-0.05, 0) is 108 Å². The number of benzene rings is 9. The molecule has 0 spiro atoms. The second-order valence-corrected chi connectivity index (χ2v) is 16.0. The lowest BCUT2D eigenvalue weighted by Crippen LogP contribution is -2.09. The Kier molecular flexibility index (Phi) is 7.40. The van der Waals surface area contributed by atoms with E-state index in [1.54, 1.807) is 0 Å². The topological polar surface area (TPSA) is 13.1 Å². The van der Waals surface area contributed by atoms with Gasteiger partial charge >= 0.3 is 0 Å². The number of para-hydroxylation sites is 4. The van der Waals surface area contributed by atoms with Gasteiger partial charge in [0.2, 0.25) is 0 Å². The normalized spacial score (nSPS) is 11.8. The van der Waals surface area contributed by atoms with Crippen molar-refractivity contribution in [3.8, 4) is 22.5 Å². The summed E-state index contributed by atoms with van der Waals surface area (Å²) in [5.41, 5.74) is 12.9. The van der Waals surface area contributed by atoms with E-state index >= 15 is 0 Å². The molecule has 0 saturated carbocycles. The Morgan fingerprint density at radius 3 is 1.62 bits per heavy atom. The maximum Gasteiger partial charge on any atom is 0.0555 e. The van der Waals surface area contributed by atoms with Crippen molar-refractivity contribution in [3.63, 3.8) is 0 Å². The Bertz CT molecular complexity index is 3490. The van der Waals surface area contributed by atoms with Crippen molar-refractivity contribution in [3.05, 3.63) is 212 Å². The number of fused-ring (bicyclic) bond motifs is 10. The highest BCUT2D eigenvalue weighted by Gasteiger charge is 2.20. The number of anilines is 3. The first kappa shape index (κ1) is 32.8. The van der Waals surface area contributed by atoms with Gasteiger partial charge in [0, 0.05) is 70.2 Å². The van der Waals surface area contributed by atoms with Crippen LogP contribution in [0.1, 0.15) is 0 Å². The minimum atomic E-state index is 1.11. The summed E-state index contributed by atoms with van der Waals surface area (Å²) in [4.78, 5) is 2.37. The molecule has 12 rings (SSSR count). The molecule has 0 fully saturated rings. The number of hydrogen-bond donors (Lipinski definition) is 0. The number of aromatic nitrogens is 2. The van der Waals surface area contributed by atoms with Gasteiger partial charge in [-0.25, -0.2) is 0 Å². The summed E-state index contributed by atoms with van der Waals surface area (Å²) in [5, 5.41) is 7.69. The molecule has 4 heteroatoms. The van der Waals surface area contributed by atoms with Gasteiger partial charge in [-0.3, -0.25) is 0 Å². The molecule has 0 aliphatic rings. The van der Waals surface area contributed by atoms with Crippen LogP contribution in [0.15, 0.2) is 212 Å². The predicted molar refractivity (Wildman–Crippen MR) is 248 cm³/mol. The number of thiophene rings is 1. The largest absolute Gasteiger partial charge is 0.310 e. The molecule has 0 unspecified atom stereocenters. The zero-order valence-electron chi connectivity index (χ0n) is 31.5. The molecule has 3 nitrogen and oxygen atoms in total. The maximum absolute atomic E-state index is 2.42. The summed E-state index contributed by atoms with van der Waals surface area (Å²) in [7, 11) is 0. The lowest BCUT2D eigenvalue weighted by Gasteiger charge is -2.26. The van der Waals surface area contributed by atoms with E-state index in [9.17, 15) is 0 Å². The number of rotatable bonds is 6. The van der Waals surface area contributed by atoms with Gasteiger partial charge in [-0.1, -0.05) is 115 Å². The molecule has 9 aromatic carbocycles. The molecule has 0 aliphatic heterocycles. The first-order chi connectivity index (χ1) is 28.8. The molecule has 3 heterocycles. The molecule has 272 valence electrons. The van der Waals surface area contributed by atoms with E-state index in [0.717, 1.165) is 22.7 Å². The minimum absolute atomic E-state index is 1.11. The molecular formula is C54H35N3S. The molecule has 0 aliphatic carbocycles. The molecule has 12 aromatic rings. The fraction of sp³-hybridized carbons (Fsp3) is 0. The second kappa shape index (κ2) is 13.1. The van der Waals surface area contributed by atoms with Crippen LogP contribution in [0.4, 0.5) is 17.1 Å². The van der Waals surface area contributed by atoms with Crippen LogP contribution in [0.5, 0.6) is 0 Å². The lowest BCUT2D eigenvalue weighted by atomic mass is 10.0. The van der Waals surface area contributed by atoms with E-state index in [2.05, 4.69) is 226 Å². The van der Waals surface area contributed by atoms with Crippen LogP contribution in [0, 0.1) is 0 Å². The third-order valence-electron chi connectivity index (χ3n) is 11.7. The van der Waals surface area contributed by atoms with Gasteiger partial charge < -0.3 is 14.0 Å². The summed E-state index contributed by atoms with van der Waals surface area (Å²) >= 11 is 1.90. The highest BCUT2D eigenvalue weighted by Crippen LogP contribution is 2.45. The van der Waals surface area contributed by atoms with Crippen molar-refractivity contribution in [1.29, 1.82) is 0 Å². The van der Waals surface area contributed by atoms with Gasteiger partial charge in [0.05, 0.1) is 22.1 Å². The van der Waals surface area contributed by atoms with E-state index in [1.807, 2.05) is 11.3 Å². The van der Waals surface area contributed by atoms with Crippen molar-refractivity contribution < 1.29 is 0 Å². The quantitative estimate of drug-likeness (QED) is 0.165. The van der Waals surface area contributed by atoms with Crippen molar-refractivity contribution in [2.45, 2.75) is 0 Å². The molecule has 58 heavy (non-hydrogen) atoms. The first-order valence-corrected chi connectivity index (χ1v) is 20.6. The van der Waals surface area contributed by atoms with Crippen molar-refractivity contribution >= 4 is 92.2 Å². The van der Waals surface area contributed by atoms with Crippen LogP contribution in [-0.2, 0) is 0 Å². The third-order valence-corrected chi connectivity index (χ3v) is 12.9. The Hall–Kier alpha value is -7.40. The highest BCUT2D eigenvalue weighted by atomic mass is 32.1. The van der Waals surface area contributed by atoms with Gasteiger partial charge in [-0.2, -0.15) is 0 Å². The molecule has 0 saturated heterocycles. The van der Waals surface area contributed by atoms with Gasteiger partial charge in [0.15, 0.2) is 0 Å². The van der Waals surface area contributed by atoms with Crippen LogP contribution in [0.2, 0.25) is 0 Å². The van der Waals surface area contributed by atoms with Gasteiger partial charge in [0.25, 0.3) is 0 Å². The number of nitrogens with zero attached hydrogens (tertiary/aromatic N) is 3. The molecule has 0 amide bonds. The highest BCUT2D eigenvalue weighted by molar-refractivity contribution is 7.26. The SMILES string of the molecule is c1ccc(N(c2ccc(-c3ccc4c(c3)c3c5sc6ccccc6c5ccc3n4-c3ccccc3)cc2)c2ccc3c(c2)c2ccccc2n3-c2ccccc2)cc1. The molecule has 0 atom stereocenters. The Morgan fingerprint density at radius 1 is 0.328 bits per heavy atom. The minimum Gasteiger partial charge on any atom is -0.310 e. The summed E-state index contributed by atoms with van der Waals surface area (Å²) in [5.74, 6) is 0. The van der Waals surface area contributed by atoms with Crippen LogP contribution >= 0.6 is 11.3 Å². The van der Waals surface area contributed by atoms with Crippen molar-refractivity contribution in [2.75, 3.05) is 4.90 Å². The molecule has 0 N–H and O–H groups in total. The summed E-state index contributed by atoms with van der Waals surface area (Å²) in [6.07, 6.45) is 0. The van der Waals surface area contributed by atoms with Crippen molar-refractivity contribution in [1.82, 2.24) is 9.13 Å². The molecular weight excluding hydrogens is 723 g/mol. The molecule has 0 bridgehead atoms. The van der Waals surface area contributed by atoms with Gasteiger partial charge in [-0.15, -0.1) is 11.3 Å². The van der Waals surface area contributed by atoms with Crippen LogP contribution in [0.3, 0.4) is 0 Å². The average molecular weight is 758 g/mol. The standard InChI is InChI=1S/C54H35N3S/c1-4-14-38(15-5-1)55(42-29-32-49-46(35-42)43-20-10-12-22-48(43)56(49)39-16-6-2-7-17-39)41-27-24-36(25-28-41)37-26-31-50-47(34-37)53-51(57(50)40-18-8-3-9-19-40)33-30-45-44-21-11-13-23-52(44)58-54(45)53/h1-35H. The van der Waals surface area contributed by atoms with E-state index in [-0.39, 0.29) is 0 Å². The smallest absolute Gasteiger partial charge is 0.0555 e. The van der Waals surface area contributed by atoms with Crippen LogP contribution in [-0.4, -0.2) is 9.13 Å². The van der Waals surface area contributed by atoms with Gasteiger partial charge in [0.1, 0.15) is 0 Å². The Labute approximate surface area is 339 Å². The first-order valence-electron chi connectivity index (χ1n) is 19.8.